The number of rotatable bonds is 7. The molecule has 3 rings (SSSR count). The van der Waals surface area contributed by atoms with Gasteiger partial charge in [0.15, 0.2) is 0 Å². The van der Waals surface area contributed by atoms with Crippen LogP contribution in [-0.4, -0.2) is 27.1 Å². The Bertz CT molecular complexity index is 1100. The maximum Gasteiger partial charge on any atom is 0.251 e. The van der Waals surface area contributed by atoms with E-state index < -0.39 is 10.0 Å². The zero-order valence-electron chi connectivity index (χ0n) is 15.6. The Morgan fingerprint density at radius 2 is 1.71 bits per heavy atom. The largest absolute Gasteiger partial charge is 0.348 e. The van der Waals surface area contributed by atoms with Gasteiger partial charge in [-0.05, 0) is 40.6 Å². The van der Waals surface area contributed by atoms with Crippen LogP contribution in [0.15, 0.2) is 79.4 Å². The second kappa shape index (κ2) is 8.27. The van der Waals surface area contributed by atoms with Crippen molar-refractivity contribution >= 4 is 32.4 Å². The van der Waals surface area contributed by atoms with Crippen LogP contribution in [0.2, 0.25) is 0 Å². The highest BCUT2D eigenvalue weighted by molar-refractivity contribution is 7.92. The fraction of sp³-hybridized carbons (Fsp3) is 0.136. The molecule has 0 aliphatic rings. The normalized spacial score (nSPS) is 11.2. The second-order valence-electron chi connectivity index (χ2n) is 6.45. The van der Waals surface area contributed by atoms with Crippen LogP contribution in [0.4, 0.5) is 5.69 Å². The van der Waals surface area contributed by atoms with E-state index in [0.717, 1.165) is 22.6 Å². The SMILES string of the molecule is C=CCN(c1ccc(C(=O)NCc2cccc3ccccc23)cc1)S(C)(=O)=O. The summed E-state index contributed by atoms with van der Waals surface area (Å²) in [5, 5.41) is 5.16. The topological polar surface area (TPSA) is 66.5 Å². The van der Waals surface area contributed by atoms with Crippen molar-refractivity contribution in [2.45, 2.75) is 6.54 Å². The smallest absolute Gasteiger partial charge is 0.251 e. The van der Waals surface area contributed by atoms with Crippen LogP contribution in [0, 0.1) is 0 Å². The zero-order valence-corrected chi connectivity index (χ0v) is 16.4. The first kappa shape index (κ1) is 19.6. The van der Waals surface area contributed by atoms with Gasteiger partial charge in [-0.15, -0.1) is 6.58 Å². The number of sulfonamides is 1. The zero-order chi connectivity index (χ0) is 20.1. The van der Waals surface area contributed by atoms with Crippen LogP contribution in [0.1, 0.15) is 15.9 Å². The number of hydrogen-bond acceptors (Lipinski definition) is 3. The molecule has 0 atom stereocenters. The molecule has 0 saturated carbocycles. The number of hydrogen-bond donors (Lipinski definition) is 1. The summed E-state index contributed by atoms with van der Waals surface area (Å²) in [6, 6.07) is 20.5. The number of carbonyl (C=O) groups is 1. The molecule has 0 radical (unpaired) electrons. The van der Waals surface area contributed by atoms with E-state index >= 15 is 0 Å². The summed E-state index contributed by atoms with van der Waals surface area (Å²) in [5.74, 6) is -0.214. The number of anilines is 1. The third kappa shape index (κ3) is 4.40. The quantitative estimate of drug-likeness (QED) is 0.621. The standard InChI is InChI=1S/C22H22N2O3S/c1-3-15-24(28(2,26)27)20-13-11-18(12-14-20)22(25)23-16-19-9-6-8-17-7-4-5-10-21(17)19/h3-14H,1,15-16H2,2H3,(H,23,25). The molecular weight excluding hydrogens is 372 g/mol. The summed E-state index contributed by atoms with van der Waals surface area (Å²) in [6.07, 6.45) is 2.66. The van der Waals surface area contributed by atoms with Crippen molar-refractivity contribution in [3.05, 3.63) is 90.5 Å². The lowest BCUT2D eigenvalue weighted by Gasteiger charge is -2.20. The molecule has 3 aromatic rings. The summed E-state index contributed by atoms with van der Waals surface area (Å²) in [5.41, 5.74) is 2.00. The van der Waals surface area contributed by atoms with Gasteiger partial charge in [0.25, 0.3) is 5.91 Å². The lowest BCUT2D eigenvalue weighted by Crippen LogP contribution is -2.30. The van der Waals surface area contributed by atoms with Gasteiger partial charge in [0.2, 0.25) is 10.0 Å². The van der Waals surface area contributed by atoms with Crippen molar-refractivity contribution < 1.29 is 13.2 Å². The van der Waals surface area contributed by atoms with Crippen molar-refractivity contribution in [3.8, 4) is 0 Å². The molecule has 0 saturated heterocycles. The minimum absolute atomic E-state index is 0.172. The Kier molecular flexibility index (Phi) is 5.80. The van der Waals surface area contributed by atoms with Gasteiger partial charge in [0.1, 0.15) is 0 Å². The summed E-state index contributed by atoms with van der Waals surface area (Å²) in [6.45, 7) is 4.17. The first-order valence-electron chi connectivity index (χ1n) is 8.83. The molecule has 1 N–H and O–H groups in total. The van der Waals surface area contributed by atoms with E-state index in [0.29, 0.717) is 17.8 Å². The third-order valence-electron chi connectivity index (χ3n) is 4.43. The highest BCUT2D eigenvalue weighted by atomic mass is 32.2. The highest BCUT2D eigenvalue weighted by Crippen LogP contribution is 2.20. The van der Waals surface area contributed by atoms with Crippen molar-refractivity contribution in [1.29, 1.82) is 0 Å². The molecule has 3 aromatic carbocycles. The molecule has 1 amide bonds. The predicted octanol–water partition coefficient (Wildman–Crippen LogP) is 3.72. The molecule has 0 spiro atoms. The Balaban J connectivity index is 1.73. The second-order valence-corrected chi connectivity index (χ2v) is 8.36. The fourth-order valence-corrected chi connectivity index (χ4v) is 3.93. The Hall–Kier alpha value is -3.12. The van der Waals surface area contributed by atoms with E-state index in [9.17, 15) is 13.2 Å². The van der Waals surface area contributed by atoms with Crippen LogP contribution < -0.4 is 9.62 Å². The maximum atomic E-state index is 12.5. The van der Waals surface area contributed by atoms with Gasteiger partial charge >= 0.3 is 0 Å². The van der Waals surface area contributed by atoms with Gasteiger partial charge in [-0.3, -0.25) is 9.10 Å². The van der Waals surface area contributed by atoms with E-state index in [-0.39, 0.29) is 12.5 Å². The van der Waals surface area contributed by atoms with Gasteiger partial charge in [-0.1, -0.05) is 48.5 Å². The molecule has 6 heteroatoms. The lowest BCUT2D eigenvalue weighted by molar-refractivity contribution is 0.0951. The molecular formula is C22H22N2O3S. The van der Waals surface area contributed by atoms with Crippen molar-refractivity contribution in [3.63, 3.8) is 0 Å². The predicted molar refractivity (Wildman–Crippen MR) is 114 cm³/mol. The average Bonchev–Trinajstić information content (AvgIpc) is 2.69. The molecule has 0 heterocycles. The number of nitrogens with zero attached hydrogens (tertiary/aromatic N) is 1. The molecule has 0 unspecified atom stereocenters. The highest BCUT2D eigenvalue weighted by Gasteiger charge is 2.16. The minimum Gasteiger partial charge on any atom is -0.348 e. The molecule has 144 valence electrons. The first-order chi connectivity index (χ1) is 13.4. The van der Waals surface area contributed by atoms with Gasteiger partial charge in [0.05, 0.1) is 18.5 Å². The summed E-state index contributed by atoms with van der Waals surface area (Å²) in [4.78, 5) is 12.5. The number of fused-ring (bicyclic) bond motifs is 1. The van der Waals surface area contributed by atoms with Crippen molar-refractivity contribution in [2.24, 2.45) is 0 Å². The number of amides is 1. The third-order valence-corrected chi connectivity index (χ3v) is 5.59. The van der Waals surface area contributed by atoms with Crippen LogP contribution in [0.3, 0.4) is 0 Å². The van der Waals surface area contributed by atoms with Gasteiger partial charge in [-0.25, -0.2) is 8.42 Å². The monoisotopic (exact) mass is 394 g/mol. The van der Waals surface area contributed by atoms with E-state index in [4.69, 9.17) is 0 Å². The number of carbonyl (C=O) groups excluding carboxylic acids is 1. The first-order valence-corrected chi connectivity index (χ1v) is 10.7. The van der Waals surface area contributed by atoms with Crippen LogP contribution in [0.25, 0.3) is 10.8 Å². The van der Waals surface area contributed by atoms with E-state index in [1.165, 1.54) is 10.4 Å². The molecule has 5 nitrogen and oxygen atoms in total. The van der Waals surface area contributed by atoms with Crippen LogP contribution in [0.5, 0.6) is 0 Å². The fourth-order valence-electron chi connectivity index (χ4n) is 3.05. The molecule has 0 fully saturated rings. The maximum absolute atomic E-state index is 12.5. The van der Waals surface area contributed by atoms with Gasteiger partial charge in [-0.2, -0.15) is 0 Å². The van der Waals surface area contributed by atoms with Crippen LogP contribution >= 0.6 is 0 Å². The Labute approximate surface area is 165 Å². The lowest BCUT2D eigenvalue weighted by atomic mass is 10.0. The summed E-state index contributed by atoms with van der Waals surface area (Å²) < 4.78 is 25.0. The van der Waals surface area contributed by atoms with Crippen LogP contribution in [-0.2, 0) is 16.6 Å². The number of nitrogens with one attached hydrogen (secondary N) is 1. The minimum atomic E-state index is -3.42. The molecule has 0 aliphatic carbocycles. The van der Waals surface area contributed by atoms with Gasteiger partial charge < -0.3 is 5.32 Å². The Morgan fingerprint density at radius 1 is 1.04 bits per heavy atom. The summed E-state index contributed by atoms with van der Waals surface area (Å²) >= 11 is 0. The number of benzene rings is 3. The molecule has 28 heavy (non-hydrogen) atoms. The average molecular weight is 394 g/mol. The molecule has 0 aliphatic heterocycles. The Morgan fingerprint density at radius 3 is 2.39 bits per heavy atom. The summed E-state index contributed by atoms with van der Waals surface area (Å²) in [7, 11) is -3.42. The van der Waals surface area contributed by atoms with Crippen molar-refractivity contribution in [2.75, 3.05) is 17.1 Å². The molecule has 0 bridgehead atoms. The van der Waals surface area contributed by atoms with Gasteiger partial charge in [0, 0.05) is 12.1 Å². The van der Waals surface area contributed by atoms with E-state index in [1.54, 1.807) is 24.3 Å². The molecule has 0 aromatic heterocycles. The van der Waals surface area contributed by atoms with E-state index in [2.05, 4.69) is 11.9 Å². The van der Waals surface area contributed by atoms with Crippen molar-refractivity contribution in [1.82, 2.24) is 5.32 Å². The van der Waals surface area contributed by atoms with E-state index in [1.807, 2.05) is 42.5 Å².